The van der Waals surface area contributed by atoms with E-state index < -0.39 is 38.4 Å². The SMILES string of the molecule is CN1C(=O)N[C@H]2[C@H]1N(S(C)(=O)=O)CCN2S(C)(=O)=O. The maximum atomic E-state index is 11.7. The molecule has 0 aromatic carbocycles. The van der Waals surface area contributed by atoms with Crippen LogP contribution in [-0.2, 0) is 20.0 Å². The quantitative estimate of drug-likeness (QED) is 0.624. The number of likely N-dealkylation sites (N-methyl/N-ethyl adjacent to an activating group) is 1. The number of sulfonamides is 2. The minimum Gasteiger partial charge on any atom is -0.318 e. The molecule has 1 N–H and O–H groups in total. The van der Waals surface area contributed by atoms with Crippen molar-refractivity contribution in [3.63, 3.8) is 0 Å². The average Bonchev–Trinajstić information content (AvgIpc) is 2.51. The Morgan fingerprint density at radius 3 is 2.00 bits per heavy atom. The minimum atomic E-state index is -3.53. The van der Waals surface area contributed by atoms with Crippen LogP contribution in [0.1, 0.15) is 0 Å². The molecule has 2 fully saturated rings. The number of carbonyl (C=O) groups excluding carboxylic acids is 1. The first kappa shape index (κ1) is 14.5. The van der Waals surface area contributed by atoms with Crippen molar-refractivity contribution in [2.75, 3.05) is 32.6 Å². The van der Waals surface area contributed by atoms with Gasteiger partial charge in [0.1, 0.15) is 12.3 Å². The van der Waals surface area contributed by atoms with Crippen molar-refractivity contribution < 1.29 is 21.6 Å². The van der Waals surface area contributed by atoms with Crippen LogP contribution in [-0.4, -0.2) is 81.4 Å². The average molecular weight is 312 g/mol. The van der Waals surface area contributed by atoms with Crippen molar-refractivity contribution in [2.24, 2.45) is 0 Å². The van der Waals surface area contributed by atoms with Gasteiger partial charge in [-0.1, -0.05) is 0 Å². The van der Waals surface area contributed by atoms with E-state index in [9.17, 15) is 21.6 Å². The Balaban J connectivity index is 2.44. The Kier molecular flexibility index (Phi) is 3.28. The maximum absolute atomic E-state index is 11.7. The lowest BCUT2D eigenvalue weighted by Gasteiger charge is -2.42. The Hall–Kier alpha value is -0.910. The van der Waals surface area contributed by atoms with Gasteiger partial charge in [-0.2, -0.15) is 8.61 Å². The predicted octanol–water partition coefficient (Wildman–Crippen LogP) is -2.17. The molecule has 0 radical (unpaired) electrons. The molecule has 0 unspecified atom stereocenters. The number of urea groups is 1. The highest BCUT2D eigenvalue weighted by Gasteiger charge is 2.51. The second-order valence-corrected chi connectivity index (χ2v) is 8.54. The van der Waals surface area contributed by atoms with Crippen molar-refractivity contribution in [3.8, 4) is 0 Å². The van der Waals surface area contributed by atoms with Gasteiger partial charge in [0.05, 0.1) is 12.5 Å². The lowest BCUT2D eigenvalue weighted by atomic mass is 10.3. The second-order valence-electron chi connectivity index (χ2n) is 4.67. The Bertz CT molecular complexity index is 601. The molecule has 110 valence electrons. The third-order valence-corrected chi connectivity index (χ3v) is 5.78. The molecule has 2 rings (SSSR count). The highest BCUT2D eigenvalue weighted by molar-refractivity contribution is 7.88. The number of nitrogens with one attached hydrogen (secondary N) is 1. The third-order valence-electron chi connectivity index (χ3n) is 3.27. The van der Waals surface area contributed by atoms with Gasteiger partial charge < -0.3 is 10.2 Å². The Labute approximate surface area is 112 Å². The smallest absolute Gasteiger partial charge is 0.318 e. The van der Waals surface area contributed by atoms with E-state index in [-0.39, 0.29) is 13.1 Å². The number of fused-ring (bicyclic) bond motifs is 1. The summed E-state index contributed by atoms with van der Waals surface area (Å²) in [4.78, 5) is 12.9. The summed E-state index contributed by atoms with van der Waals surface area (Å²) in [5.41, 5.74) is 0. The van der Waals surface area contributed by atoms with Crippen LogP contribution in [0.25, 0.3) is 0 Å². The first-order valence-corrected chi connectivity index (χ1v) is 9.20. The highest BCUT2D eigenvalue weighted by Crippen LogP contribution is 2.26. The van der Waals surface area contributed by atoms with Crippen LogP contribution in [0.3, 0.4) is 0 Å². The van der Waals surface area contributed by atoms with E-state index in [1.807, 2.05) is 0 Å². The van der Waals surface area contributed by atoms with E-state index in [1.54, 1.807) is 0 Å². The molecule has 2 saturated heterocycles. The monoisotopic (exact) mass is 312 g/mol. The van der Waals surface area contributed by atoms with Gasteiger partial charge in [0, 0.05) is 20.1 Å². The van der Waals surface area contributed by atoms with Gasteiger partial charge in [-0.05, 0) is 0 Å². The number of nitrogens with zero attached hydrogens (tertiary/aromatic N) is 3. The molecule has 2 amide bonds. The van der Waals surface area contributed by atoms with Crippen LogP contribution in [0.2, 0.25) is 0 Å². The molecule has 2 heterocycles. The molecule has 2 atom stereocenters. The zero-order chi connectivity index (χ0) is 14.6. The largest absolute Gasteiger partial charge is 0.319 e. The van der Waals surface area contributed by atoms with E-state index in [2.05, 4.69) is 5.32 Å². The van der Waals surface area contributed by atoms with E-state index in [0.717, 1.165) is 21.1 Å². The maximum Gasteiger partial charge on any atom is 0.319 e. The number of hydrogen-bond donors (Lipinski definition) is 1. The molecular weight excluding hydrogens is 296 g/mol. The molecule has 2 aliphatic rings. The summed E-state index contributed by atoms with van der Waals surface area (Å²) < 4.78 is 49.1. The van der Waals surface area contributed by atoms with Crippen molar-refractivity contribution in [2.45, 2.75) is 12.3 Å². The number of rotatable bonds is 2. The fourth-order valence-electron chi connectivity index (χ4n) is 2.41. The van der Waals surface area contributed by atoms with Crippen LogP contribution in [0.4, 0.5) is 4.79 Å². The Morgan fingerprint density at radius 1 is 1.05 bits per heavy atom. The number of amides is 2. The van der Waals surface area contributed by atoms with E-state index >= 15 is 0 Å². The number of carbonyl (C=O) groups is 1. The number of piperazine rings is 1. The standard InChI is InChI=1S/C8H16N4O5S2/c1-10-7-6(9-8(10)13)11(18(2,14)15)4-5-12(7)19(3,16)17/h6-7H,4-5H2,1-3H3,(H,9,13)/t6-,7-/m1/s1. The summed E-state index contributed by atoms with van der Waals surface area (Å²) in [6.45, 7) is 0.0353. The first-order chi connectivity index (χ1) is 8.53. The number of hydrogen-bond acceptors (Lipinski definition) is 5. The van der Waals surface area contributed by atoms with E-state index in [1.165, 1.54) is 11.9 Å². The normalized spacial score (nSPS) is 30.3. The van der Waals surface area contributed by atoms with Crippen LogP contribution >= 0.6 is 0 Å². The van der Waals surface area contributed by atoms with Gasteiger partial charge in [-0.15, -0.1) is 0 Å². The van der Waals surface area contributed by atoms with Crippen molar-refractivity contribution in [1.29, 1.82) is 0 Å². The Morgan fingerprint density at radius 2 is 1.53 bits per heavy atom. The summed E-state index contributed by atoms with van der Waals surface area (Å²) in [7, 11) is -5.62. The zero-order valence-corrected chi connectivity index (χ0v) is 12.4. The van der Waals surface area contributed by atoms with Gasteiger partial charge in [0.25, 0.3) is 0 Å². The lowest BCUT2D eigenvalue weighted by Crippen LogP contribution is -2.65. The van der Waals surface area contributed by atoms with Crippen LogP contribution in [0.5, 0.6) is 0 Å². The molecule has 0 bridgehead atoms. The molecule has 9 nitrogen and oxygen atoms in total. The molecule has 0 spiro atoms. The molecule has 0 saturated carbocycles. The lowest BCUT2D eigenvalue weighted by molar-refractivity contribution is 0.0801. The van der Waals surface area contributed by atoms with Gasteiger partial charge in [0.2, 0.25) is 20.0 Å². The van der Waals surface area contributed by atoms with Crippen LogP contribution in [0, 0.1) is 0 Å². The van der Waals surface area contributed by atoms with Gasteiger partial charge in [-0.3, -0.25) is 0 Å². The molecule has 11 heteroatoms. The summed E-state index contributed by atoms with van der Waals surface area (Å²) in [5, 5.41) is 2.49. The zero-order valence-electron chi connectivity index (χ0n) is 10.8. The predicted molar refractivity (Wildman–Crippen MR) is 67.0 cm³/mol. The van der Waals surface area contributed by atoms with Gasteiger partial charge in [0.15, 0.2) is 0 Å². The van der Waals surface area contributed by atoms with E-state index in [0.29, 0.717) is 0 Å². The molecular formula is C8H16N4O5S2. The van der Waals surface area contributed by atoms with E-state index in [4.69, 9.17) is 0 Å². The van der Waals surface area contributed by atoms with Crippen molar-refractivity contribution in [3.05, 3.63) is 0 Å². The summed E-state index contributed by atoms with van der Waals surface area (Å²) in [6, 6.07) is -0.501. The fraction of sp³-hybridized carbons (Fsp3) is 0.875. The van der Waals surface area contributed by atoms with Crippen LogP contribution < -0.4 is 5.32 Å². The highest BCUT2D eigenvalue weighted by atomic mass is 32.2. The second kappa shape index (κ2) is 4.30. The summed E-state index contributed by atoms with van der Waals surface area (Å²) >= 11 is 0. The van der Waals surface area contributed by atoms with Gasteiger partial charge >= 0.3 is 6.03 Å². The summed E-state index contributed by atoms with van der Waals surface area (Å²) in [5.74, 6) is 0. The van der Waals surface area contributed by atoms with Gasteiger partial charge in [-0.25, -0.2) is 21.6 Å². The topological polar surface area (TPSA) is 107 Å². The van der Waals surface area contributed by atoms with Crippen molar-refractivity contribution in [1.82, 2.24) is 18.8 Å². The fourth-order valence-corrected chi connectivity index (χ4v) is 4.46. The molecule has 0 aromatic rings. The van der Waals surface area contributed by atoms with Crippen molar-refractivity contribution >= 4 is 26.1 Å². The van der Waals surface area contributed by atoms with Crippen LogP contribution in [0.15, 0.2) is 0 Å². The molecule has 2 aliphatic heterocycles. The first-order valence-electron chi connectivity index (χ1n) is 5.50. The third kappa shape index (κ3) is 2.42. The summed E-state index contributed by atoms with van der Waals surface area (Å²) in [6.07, 6.45) is 0.323. The minimum absolute atomic E-state index is 0.0151. The molecule has 0 aromatic heterocycles. The molecule has 0 aliphatic carbocycles. The molecule has 19 heavy (non-hydrogen) atoms.